The molecule has 0 aliphatic rings. The second-order valence-corrected chi connectivity index (χ2v) is 9.23. The van der Waals surface area contributed by atoms with Crippen LogP contribution in [-0.2, 0) is 25.5 Å². The van der Waals surface area contributed by atoms with E-state index in [4.69, 9.17) is 25.8 Å². The van der Waals surface area contributed by atoms with E-state index in [0.717, 1.165) is 48.5 Å². The van der Waals surface area contributed by atoms with Crippen LogP contribution in [0.3, 0.4) is 0 Å². The molecule has 0 aromatic heterocycles. The molecule has 0 unspecified atom stereocenters. The smallest absolute Gasteiger partial charge is 0.416 e. The van der Waals surface area contributed by atoms with Gasteiger partial charge in [0.05, 0.1) is 22.1 Å². The van der Waals surface area contributed by atoms with Gasteiger partial charge in [0.15, 0.2) is 6.61 Å². The predicted molar refractivity (Wildman–Crippen MR) is 117 cm³/mol. The molecule has 0 heterocycles. The van der Waals surface area contributed by atoms with Gasteiger partial charge in [0, 0.05) is 6.07 Å². The zero-order valence-corrected chi connectivity index (χ0v) is 19.5. The van der Waals surface area contributed by atoms with E-state index < -0.39 is 40.0 Å². The molecule has 3 aromatic rings. The highest BCUT2D eigenvalue weighted by Gasteiger charge is 2.31. The topological polar surface area (TPSA) is 78.9 Å². The van der Waals surface area contributed by atoms with Crippen LogP contribution in [0.1, 0.15) is 12.5 Å². The van der Waals surface area contributed by atoms with Gasteiger partial charge in [0.1, 0.15) is 28.0 Å². The van der Waals surface area contributed by atoms with Crippen LogP contribution >= 0.6 is 11.6 Å². The number of carbonyl (C=O) groups excluding carboxylic acids is 1. The van der Waals surface area contributed by atoms with Gasteiger partial charge in [-0.15, -0.1) is 0 Å². The van der Waals surface area contributed by atoms with Crippen molar-refractivity contribution < 1.29 is 45.0 Å². The summed E-state index contributed by atoms with van der Waals surface area (Å²) in [5.74, 6) is -1.88. The van der Waals surface area contributed by atoms with Gasteiger partial charge in [-0.25, -0.2) is 17.6 Å². The Morgan fingerprint density at radius 3 is 2.26 bits per heavy atom. The lowest BCUT2D eigenvalue weighted by Crippen LogP contribution is -2.16. The van der Waals surface area contributed by atoms with Crippen molar-refractivity contribution >= 4 is 27.4 Å². The molecule has 0 N–H and O–H groups in total. The third-order valence-corrected chi connectivity index (χ3v) is 6.57. The average Bonchev–Trinajstić information content (AvgIpc) is 2.79. The van der Waals surface area contributed by atoms with Crippen molar-refractivity contribution in [2.75, 3.05) is 13.2 Å². The minimum absolute atomic E-state index is 0.0384. The fraction of sp³-hybridized carbons (Fsp3) is 0.174. The van der Waals surface area contributed by atoms with E-state index >= 15 is 0 Å². The number of carbonyl (C=O) groups is 1. The van der Waals surface area contributed by atoms with Crippen molar-refractivity contribution in [1.82, 2.24) is 0 Å². The molecule has 0 radical (unpaired) electrons. The zero-order valence-electron chi connectivity index (χ0n) is 17.9. The van der Waals surface area contributed by atoms with E-state index in [1.807, 2.05) is 0 Å². The Balaban J connectivity index is 1.98. The Morgan fingerprint density at radius 2 is 1.66 bits per heavy atom. The lowest BCUT2D eigenvalue weighted by atomic mass is 10.2. The maximum Gasteiger partial charge on any atom is 0.416 e. The minimum atomic E-state index is -4.60. The number of benzene rings is 3. The average molecular weight is 533 g/mol. The summed E-state index contributed by atoms with van der Waals surface area (Å²) in [5, 5.41) is -0.336. The quantitative estimate of drug-likeness (QED) is 0.199. The SMILES string of the molecule is CCOC(=O)COc1cc(Oc2ccc(C(F)(F)F)cc2Cl)ccc1S(=O)(=O)c1ccc(F)cc1. The fourth-order valence-corrected chi connectivity index (χ4v) is 4.45. The summed E-state index contributed by atoms with van der Waals surface area (Å²) in [5.41, 5.74) is -0.978. The molecule has 3 rings (SSSR count). The molecule has 0 aliphatic heterocycles. The normalized spacial score (nSPS) is 11.7. The number of alkyl halides is 3. The second kappa shape index (κ2) is 10.5. The molecular weight excluding hydrogens is 516 g/mol. The van der Waals surface area contributed by atoms with E-state index in [-0.39, 0.29) is 38.7 Å². The lowest BCUT2D eigenvalue weighted by Gasteiger charge is -2.15. The van der Waals surface area contributed by atoms with Crippen LogP contribution in [0.2, 0.25) is 5.02 Å². The van der Waals surface area contributed by atoms with Crippen LogP contribution in [0.15, 0.2) is 70.5 Å². The number of ether oxygens (including phenoxy) is 3. The summed E-state index contributed by atoms with van der Waals surface area (Å²) in [6.45, 7) is 1.01. The number of esters is 1. The van der Waals surface area contributed by atoms with Gasteiger partial charge in [-0.3, -0.25) is 0 Å². The summed E-state index contributed by atoms with van der Waals surface area (Å²) in [7, 11) is -4.22. The molecule has 186 valence electrons. The monoisotopic (exact) mass is 532 g/mol. The molecule has 12 heteroatoms. The second-order valence-electron chi connectivity index (χ2n) is 6.90. The number of sulfone groups is 1. The van der Waals surface area contributed by atoms with Crippen molar-refractivity contribution in [2.45, 2.75) is 22.9 Å². The van der Waals surface area contributed by atoms with Crippen molar-refractivity contribution in [3.63, 3.8) is 0 Å². The van der Waals surface area contributed by atoms with Gasteiger partial charge >= 0.3 is 12.1 Å². The van der Waals surface area contributed by atoms with Crippen LogP contribution in [0.5, 0.6) is 17.2 Å². The summed E-state index contributed by atoms with van der Waals surface area (Å²) >= 11 is 5.92. The Labute approximate surface area is 202 Å². The van der Waals surface area contributed by atoms with Crippen LogP contribution in [0.4, 0.5) is 17.6 Å². The molecule has 0 saturated carbocycles. The van der Waals surface area contributed by atoms with E-state index in [2.05, 4.69) is 0 Å². The number of hydrogen-bond acceptors (Lipinski definition) is 6. The Hall–Kier alpha value is -3.31. The first-order valence-electron chi connectivity index (χ1n) is 9.89. The van der Waals surface area contributed by atoms with Crippen LogP contribution in [0.25, 0.3) is 0 Å². The van der Waals surface area contributed by atoms with Gasteiger partial charge in [0.2, 0.25) is 9.84 Å². The van der Waals surface area contributed by atoms with Crippen molar-refractivity contribution in [3.05, 3.63) is 77.1 Å². The summed E-state index contributed by atoms with van der Waals surface area (Å²) in [6, 6.07) is 9.99. The molecular formula is C23H17ClF4O6S. The number of halogens is 5. The Kier molecular flexibility index (Phi) is 7.91. The molecule has 6 nitrogen and oxygen atoms in total. The summed E-state index contributed by atoms with van der Waals surface area (Å²) < 4.78 is 93.7. The van der Waals surface area contributed by atoms with Gasteiger partial charge in [-0.2, -0.15) is 13.2 Å². The van der Waals surface area contributed by atoms with Crippen LogP contribution in [0, 0.1) is 5.82 Å². The molecule has 0 amide bonds. The minimum Gasteiger partial charge on any atom is -0.480 e. The fourth-order valence-electron chi connectivity index (χ4n) is 2.85. The zero-order chi connectivity index (χ0) is 25.8. The standard InChI is InChI=1S/C23H17ClF4O6S/c1-2-32-22(29)13-33-20-12-16(34-19-9-3-14(11-18(19)24)23(26,27)28)6-10-21(20)35(30,31)17-7-4-15(25)5-8-17/h3-12H,2,13H2,1H3. The highest BCUT2D eigenvalue weighted by molar-refractivity contribution is 7.91. The summed E-state index contributed by atoms with van der Waals surface area (Å²) in [4.78, 5) is 11.1. The molecule has 0 spiro atoms. The number of hydrogen-bond donors (Lipinski definition) is 0. The molecule has 0 saturated heterocycles. The highest BCUT2D eigenvalue weighted by Crippen LogP contribution is 2.38. The number of rotatable bonds is 8. The first kappa shape index (κ1) is 26.3. The molecule has 0 bridgehead atoms. The predicted octanol–water partition coefficient (Wildman–Crippen LogP) is 6.06. The maximum absolute atomic E-state index is 13.3. The van der Waals surface area contributed by atoms with E-state index in [0.29, 0.717) is 6.07 Å². The Morgan fingerprint density at radius 1 is 0.971 bits per heavy atom. The molecule has 0 fully saturated rings. The van der Waals surface area contributed by atoms with Gasteiger partial charge in [-0.1, -0.05) is 11.6 Å². The van der Waals surface area contributed by atoms with E-state index in [1.54, 1.807) is 6.92 Å². The third-order valence-electron chi connectivity index (χ3n) is 4.47. The van der Waals surface area contributed by atoms with Gasteiger partial charge in [0.25, 0.3) is 0 Å². The van der Waals surface area contributed by atoms with Crippen molar-refractivity contribution in [3.8, 4) is 17.2 Å². The first-order valence-corrected chi connectivity index (χ1v) is 11.8. The molecule has 0 atom stereocenters. The lowest BCUT2D eigenvalue weighted by molar-refractivity contribution is -0.145. The van der Waals surface area contributed by atoms with Crippen molar-refractivity contribution in [1.29, 1.82) is 0 Å². The summed E-state index contributed by atoms with van der Waals surface area (Å²) in [6.07, 6.45) is -4.60. The third kappa shape index (κ3) is 6.43. The van der Waals surface area contributed by atoms with Gasteiger partial charge < -0.3 is 14.2 Å². The van der Waals surface area contributed by atoms with Crippen LogP contribution in [-0.4, -0.2) is 27.6 Å². The van der Waals surface area contributed by atoms with Crippen molar-refractivity contribution in [2.24, 2.45) is 0 Å². The highest BCUT2D eigenvalue weighted by atomic mass is 35.5. The van der Waals surface area contributed by atoms with E-state index in [9.17, 15) is 30.8 Å². The first-order chi connectivity index (χ1) is 16.4. The molecule has 3 aromatic carbocycles. The largest absolute Gasteiger partial charge is 0.480 e. The molecule has 35 heavy (non-hydrogen) atoms. The van der Waals surface area contributed by atoms with E-state index in [1.165, 1.54) is 6.07 Å². The van der Waals surface area contributed by atoms with Crippen LogP contribution < -0.4 is 9.47 Å². The maximum atomic E-state index is 13.3. The Bertz CT molecular complexity index is 1320. The van der Waals surface area contributed by atoms with Gasteiger partial charge in [-0.05, 0) is 61.5 Å². The molecule has 0 aliphatic carbocycles.